The van der Waals surface area contributed by atoms with Crippen molar-refractivity contribution in [3.63, 3.8) is 0 Å². The number of hydrogen-bond acceptors (Lipinski definition) is 2. The maximum absolute atomic E-state index is 10.3. The Bertz CT molecular complexity index is 285. The van der Waals surface area contributed by atoms with Crippen LogP contribution in [0.3, 0.4) is 0 Å². The first-order chi connectivity index (χ1) is 6.21. The zero-order valence-electron chi connectivity index (χ0n) is 7.90. The molecule has 1 fully saturated rings. The van der Waals surface area contributed by atoms with Crippen molar-refractivity contribution in [2.24, 2.45) is 5.92 Å². The molecule has 2 heteroatoms. The second kappa shape index (κ2) is 3.11. The van der Waals surface area contributed by atoms with E-state index in [1.165, 1.54) is 0 Å². The predicted octanol–water partition coefficient (Wildman–Crippen LogP) is 2.09. The molecule has 1 N–H and O–H groups in total. The number of rotatable bonds is 1. The van der Waals surface area contributed by atoms with Gasteiger partial charge < -0.3 is 5.11 Å². The largest absolute Gasteiger partial charge is 0.385 e. The van der Waals surface area contributed by atoms with Gasteiger partial charge >= 0.3 is 0 Å². The zero-order chi connectivity index (χ0) is 9.31. The van der Waals surface area contributed by atoms with Crippen LogP contribution in [0.4, 0.5) is 0 Å². The third kappa shape index (κ3) is 1.59. The average molecular weight is 177 g/mol. The van der Waals surface area contributed by atoms with Gasteiger partial charge in [-0.2, -0.15) is 0 Å². The molecule has 0 bridgehead atoms. The smallest absolute Gasteiger partial charge is 0.0914 e. The Hall–Kier alpha value is -0.890. The number of nitrogens with zero attached hydrogens (tertiary/aromatic N) is 1. The zero-order valence-corrected chi connectivity index (χ0v) is 7.90. The molecule has 0 saturated heterocycles. The summed E-state index contributed by atoms with van der Waals surface area (Å²) in [6, 6.07) is 3.85. The molecule has 0 radical (unpaired) electrons. The predicted molar refractivity (Wildman–Crippen MR) is 51.1 cm³/mol. The van der Waals surface area contributed by atoms with E-state index >= 15 is 0 Å². The van der Waals surface area contributed by atoms with Crippen molar-refractivity contribution in [3.8, 4) is 0 Å². The molecule has 1 aliphatic rings. The van der Waals surface area contributed by atoms with Gasteiger partial charge in [0.15, 0.2) is 0 Å². The van der Waals surface area contributed by atoms with Gasteiger partial charge in [-0.25, -0.2) is 0 Å². The molecule has 2 nitrogen and oxygen atoms in total. The van der Waals surface area contributed by atoms with Gasteiger partial charge in [-0.05, 0) is 31.2 Å². The van der Waals surface area contributed by atoms with Crippen LogP contribution in [0.5, 0.6) is 0 Å². The molecular weight excluding hydrogens is 162 g/mol. The van der Waals surface area contributed by atoms with Gasteiger partial charge in [0, 0.05) is 18.0 Å². The molecule has 1 aliphatic carbocycles. The molecule has 0 aromatic carbocycles. The van der Waals surface area contributed by atoms with Crippen LogP contribution in [0.1, 0.15) is 31.7 Å². The first kappa shape index (κ1) is 8.70. The lowest BCUT2D eigenvalue weighted by molar-refractivity contribution is 0.0404. The fourth-order valence-corrected chi connectivity index (χ4v) is 2.17. The van der Waals surface area contributed by atoms with E-state index < -0.39 is 5.60 Å². The van der Waals surface area contributed by atoms with E-state index in [0.29, 0.717) is 5.92 Å². The summed E-state index contributed by atoms with van der Waals surface area (Å²) in [6.07, 6.45) is 6.38. The Morgan fingerprint density at radius 1 is 1.62 bits per heavy atom. The molecule has 2 unspecified atom stereocenters. The van der Waals surface area contributed by atoms with Gasteiger partial charge in [0.1, 0.15) is 0 Å². The van der Waals surface area contributed by atoms with Gasteiger partial charge in [0.25, 0.3) is 0 Å². The Balaban J connectivity index is 2.26. The summed E-state index contributed by atoms with van der Waals surface area (Å²) in [5.41, 5.74) is 0.368. The van der Waals surface area contributed by atoms with Crippen molar-refractivity contribution < 1.29 is 5.11 Å². The quantitative estimate of drug-likeness (QED) is 0.712. The lowest BCUT2D eigenvalue weighted by atomic mass is 9.93. The second-order valence-corrected chi connectivity index (χ2v) is 4.12. The van der Waals surface area contributed by atoms with Crippen molar-refractivity contribution in [3.05, 3.63) is 30.1 Å². The normalized spacial score (nSPS) is 33.5. The molecule has 0 amide bonds. The number of aliphatic hydroxyl groups is 1. The van der Waals surface area contributed by atoms with Crippen LogP contribution < -0.4 is 0 Å². The van der Waals surface area contributed by atoms with Gasteiger partial charge in [0.05, 0.1) is 5.60 Å². The minimum Gasteiger partial charge on any atom is -0.385 e. The molecule has 0 aliphatic heterocycles. The SMILES string of the molecule is CC1CCC(O)(c2cccnc2)C1. The van der Waals surface area contributed by atoms with Crippen LogP contribution in [0.15, 0.2) is 24.5 Å². The highest BCUT2D eigenvalue weighted by Gasteiger charge is 2.36. The minimum absolute atomic E-state index is 0.603. The number of hydrogen-bond donors (Lipinski definition) is 1. The van der Waals surface area contributed by atoms with Crippen LogP contribution in [0, 0.1) is 5.92 Å². The lowest BCUT2D eigenvalue weighted by Gasteiger charge is -2.22. The van der Waals surface area contributed by atoms with E-state index in [2.05, 4.69) is 11.9 Å². The first-order valence-electron chi connectivity index (χ1n) is 4.83. The lowest BCUT2D eigenvalue weighted by Crippen LogP contribution is -2.21. The minimum atomic E-state index is -0.603. The third-order valence-corrected chi connectivity index (χ3v) is 2.94. The molecule has 1 aromatic heterocycles. The van der Waals surface area contributed by atoms with Crippen molar-refractivity contribution in [1.29, 1.82) is 0 Å². The van der Waals surface area contributed by atoms with Gasteiger partial charge in [0.2, 0.25) is 0 Å². The monoisotopic (exact) mass is 177 g/mol. The van der Waals surface area contributed by atoms with E-state index in [1.54, 1.807) is 12.4 Å². The summed E-state index contributed by atoms with van der Waals surface area (Å²) in [6.45, 7) is 2.19. The molecule has 70 valence electrons. The molecular formula is C11H15NO. The Morgan fingerprint density at radius 2 is 2.46 bits per heavy atom. The maximum Gasteiger partial charge on any atom is 0.0914 e. The summed E-state index contributed by atoms with van der Waals surface area (Å²) < 4.78 is 0. The van der Waals surface area contributed by atoms with Gasteiger partial charge in [-0.3, -0.25) is 4.98 Å². The summed E-state index contributed by atoms with van der Waals surface area (Å²) in [5.74, 6) is 0.630. The Morgan fingerprint density at radius 3 is 3.00 bits per heavy atom. The molecule has 1 heterocycles. The third-order valence-electron chi connectivity index (χ3n) is 2.94. The Labute approximate surface area is 78.6 Å². The van der Waals surface area contributed by atoms with E-state index in [1.807, 2.05) is 12.1 Å². The number of pyridine rings is 1. The van der Waals surface area contributed by atoms with E-state index in [4.69, 9.17) is 0 Å². The van der Waals surface area contributed by atoms with Crippen LogP contribution in [0.25, 0.3) is 0 Å². The second-order valence-electron chi connectivity index (χ2n) is 4.12. The van der Waals surface area contributed by atoms with Crippen molar-refractivity contribution in [1.82, 2.24) is 4.98 Å². The van der Waals surface area contributed by atoms with Crippen molar-refractivity contribution in [2.75, 3.05) is 0 Å². The molecule has 1 aromatic rings. The highest BCUT2D eigenvalue weighted by Crippen LogP contribution is 2.41. The van der Waals surface area contributed by atoms with Crippen molar-refractivity contribution >= 4 is 0 Å². The van der Waals surface area contributed by atoms with Crippen LogP contribution in [-0.4, -0.2) is 10.1 Å². The molecule has 0 spiro atoms. The van der Waals surface area contributed by atoms with Gasteiger partial charge in [-0.15, -0.1) is 0 Å². The van der Waals surface area contributed by atoms with E-state index in [-0.39, 0.29) is 0 Å². The fourth-order valence-electron chi connectivity index (χ4n) is 2.17. The van der Waals surface area contributed by atoms with Crippen molar-refractivity contribution in [2.45, 2.75) is 31.8 Å². The summed E-state index contributed by atoms with van der Waals surface area (Å²) in [7, 11) is 0. The van der Waals surface area contributed by atoms with Crippen LogP contribution in [-0.2, 0) is 5.60 Å². The number of aromatic nitrogens is 1. The summed E-state index contributed by atoms with van der Waals surface area (Å²) in [5, 5.41) is 10.3. The highest BCUT2D eigenvalue weighted by atomic mass is 16.3. The van der Waals surface area contributed by atoms with E-state index in [0.717, 1.165) is 24.8 Å². The molecule has 13 heavy (non-hydrogen) atoms. The van der Waals surface area contributed by atoms with Crippen LogP contribution in [0.2, 0.25) is 0 Å². The summed E-state index contributed by atoms with van der Waals surface area (Å²) >= 11 is 0. The topological polar surface area (TPSA) is 33.1 Å². The van der Waals surface area contributed by atoms with E-state index in [9.17, 15) is 5.11 Å². The standard InChI is InChI=1S/C11H15NO/c1-9-4-5-11(13,7-9)10-3-2-6-12-8-10/h2-3,6,8-9,13H,4-5,7H2,1H3. The summed E-state index contributed by atoms with van der Waals surface area (Å²) in [4.78, 5) is 4.04. The molecule has 2 atom stereocenters. The fraction of sp³-hybridized carbons (Fsp3) is 0.545. The Kier molecular flexibility index (Phi) is 2.08. The average Bonchev–Trinajstić information content (AvgIpc) is 2.49. The van der Waals surface area contributed by atoms with Crippen LogP contribution >= 0.6 is 0 Å². The molecule has 2 rings (SSSR count). The maximum atomic E-state index is 10.3. The first-order valence-corrected chi connectivity index (χ1v) is 4.83. The highest BCUT2D eigenvalue weighted by molar-refractivity contribution is 5.19. The van der Waals surface area contributed by atoms with Gasteiger partial charge in [-0.1, -0.05) is 13.0 Å². The molecule has 1 saturated carbocycles.